The standard InChI is InChI=1S/C17H20N2OS/c1-17(7-6-12-4-2-3-5-13(12)9-17)19-10-15-8-14(11-21-15)16(18)20/h2-5,8,11,19H,6-7,9-10H2,1H3,(H2,18,20)/t17-/m0/s1. The molecule has 1 aromatic heterocycles. The lowest BCUT2D eigenvalue weighted by Crippen LogP contribution is -2.46. The number of thiophene rings is 1. The first-order valence-corrected chi connectivity index (χ1v) is 8.13. The molecule has 1 aromatic carbocycles. The highest BCUT2D eigenvalue weighted by Crippen LogP contribution is 2.29. The summed E-state index contributed by atoms with van der Waals surface area (Å²) in [5.74, 6) is -0.352. The summed E-state index contributed by atoms with van der Waals surface area (Å²) in [6.07, 6.45) is 3.31. The summed E-state index contributed by atoms with van der Waals surface area (Å²) in [5, 5.41) is 5.50. The molecule has 0 saturated heterocycles. The summed E-state index contributed by atoms with van der Waals surface area (Å²) in [6.45, 7) is 3.07. The monoisotopic (exact) mass is 300 g/mol. The molecular formula is C17H20N2OS. The van der Waals surface area contributed by atoms with E-state index in [-0.39, 0.29) is 11.4 Å². The molecule has 3 nitrogen and oxygen atoms in total. The van der Waals surface area contributed by atoms with Crippen LogP contribution < -0.4 is 11.1 Å². The largest absolute Gasteiger partial charge is 0.366 e. The SMILES string of the molecule is C[C@]1(NCc2cc(C(N)=O)cs2)CCc2ccccc2C1. The topological polar surface area (TPSA) is 55.1 Å². The van der Waals surface area contributed by atoms with Crippen LogP contribution in [0.25, 0.3) is 0 Å². The molecule has 0 saturated carbocycles. The minimum atomic E-state index is -0.352. The zero-order valence-electron chi connectivity index (χ0n) is 12.2. The Morgan fingerprint density at radius 2 is 2.14 bits per heavy atom. The second-order valence-electron chi connectivity index (χ2n) is 6.03. The van der Waals surface area contributed by atoms with Crippen molar-refractivity contribution >= 4 is 17.2 Å². The van der Waals surface area contributed by atoms with Crippen molar-refractivity contribution in [3.63, 3.8) is 0 Å². The van der Waals surface area contributed by atoms with Crippen LogP contribution >= 0.6 is 11.3 Å². The third-order valence-electron chi connectivity index (χ3n) is 4.27. The molecule has 4 heteroatoms. The van der Waals surface area contributed by atoms with Gasteiger partial charge in [0.05, 0.1) is 5.56 Å². The number of carbonyl (C=O) groups excluding carboxylic acids is 1. The van der Waals surface area contributed by atoms with E-state index in [0.29, 0.717) is 5.56 Å². The van der Waals surface area contributed by atoms with Gasteiger partial charge in [-0.1, -0.05) is 24.3 Å². The number of hydrogen-bond acceptors (Lipinski definition) is 3. The highest BCUT2D eigenvalue weighted by atomic mass is 32.1. The van der Waals surface area contributed by atoms with Crippen LogP contribution in [0.2, 0.25) is 0 Å². The minimum Gasteiger partial charge on any atom is -0.366 e. The van der Waals surface area contributed by atoms with Crippen molar-refractivity contribution in [2.75, 3.05) is 0 Å². The number of nitrogens with one attached hydrogen (secondary N) is 1. The van der Waals surface area contributed by atoms with E-state index in [1.165, 1.54) is 11.1 Å². The maximum absolute atomic E-state index is 11.1. The molecule has 3 rings (SSSR count). The molecule has 0 bridgehead atoms. The van der Waals surface area contributed by atoms with Gasteiger partial charge in [-0.3, -0.25) is 4.79 Å². The Morgan fingerprint density at radius 3 is 2.86 bits per heavy atom. The number of hydrogen-bond donors (Lipinski definition) is 2. The molecule has 0 spiro atoms. The predicted molar refractivity (Wildman–Crippen MR) is 86.5 cm³/mol. The molecule has 1 atom stereocenters. The van der Waals surface area contributed by atoms with Crippen molar-refractivity contribution in [1.82, 2.24) is 5.32 Å². The first kappa shape index (κ1) is 14.3. The summed E-state index contributed by atoms with van der Waals surface area (Å²) in [7, 11) is 0. The fourth-order valence-electron chi connectivity index (χ4n) is 2.95. The van der Waals surface area contributed by atoms with Crippen LogP contribution in [-0.2, 0) is 19.4 Å². The maximum Gasteiger partial charge on any atom is 0.249 e. The predicted octanol–water partition coefficient (Wildman–Crippen LogP) is 2.88. The van der Waals surface area contributed by atoms with E-state index in [1.54, 1.807) is 11.3 Å². The van der Waals surface area contributed by atoms with Gasteiger partial charge in [-0.2, -0.15) is 0 Å². The van der Waals surface area contributed by atoms with Crippen molar-refractivity contribution in [2.45, 2.75) is 38.3 Å². The smallest absolute Gasteiger partial charge is 0.249 e. The van der Waals surface area contributed by atoms with Gasteiger partial charge in [0.15, 0.2) is 0 Å². The summed E-state index contributed by atoms with van der Waals surface area (Å²) in [5.41, 5.74) is 8.94. The summed E-state index contributed by atoms with van der Waals surface area (Å²) >= 11 is 1.59. The molecule has 110 valence electrons. The van der Waals surface area contributed by atoms with Gasteiger partial charge in [0.2, 0.25) is 5.91 Å². The molecule has 21 heavy (non-hydrogen) atoms. The summed E-state index contributed by atoms with van der Waals surface area (Å²) in [4.78, 5) is 12.3. The number of amides is 1. The van der Waals surface area contributed by atoms with Crippen molar-refractivity contribution < 1.29 is 4.79 Å². The minimum absolute atomic E-state index is 0.116. The Bertz CT molecular complexity index is 664. The number of primary amides is 1. The van der Waals surface area contributed by atoms with Crippen LogP contribution in [0.15, 0.2) is 35.7 Å². The van der Waals surface area contributed by atoms with Crippen molar-refractivity contribution in [3.05, 3.63) is 57.3 Å². The quantitative estimate of drug-likeness (QED) is 0.912. The van der Waals surface area contributed by atoms with E-state index in [2.05, 4.69) is 36.5 Å². The van der Waals surface area contributed by atoms with Gasteiger partial charge in [-0.05, 0) is 43.4 Å². The average molecular weight is 300 g/mol. The maximum atomic E-state index is 11.1. The normalized spacial score (nSPS) is 21.0. The first-order valence-electron chi connectivity index (χ1n) is 7.25. The van der Waals surface area contributed by atoms with E-state index in [0.717, 1.165) is 30.7 Å². The van der Waals surface area contributed by atoms with E-state index in [9.17, 15) is 4.79 Å². The van der Waals surface area contributed by atoms with E-state index in [1.807, 2.05) is 11.4 Å². The number of benzene rings is 1. The number of aryl methyl sites for hydroxylation is 1. The number of fused-ring (bicyclic) bond motifs is 1. The van der Waals surface area contributed by atoms with Crippen molar-refractivity contribution in [2.24, 2.45) is 5.73 Å². The van der Waals surface area contributed by atoms with E-state index in [4.69, 9.17) is 5.73 Å². The number of rotatable bonds is 4. The summed E-state index contributed by atoms with van der Waals surface area (Å²) < 4.78 is 0. The Kier molecular flexibility index (Phi) is 3.83. The lowest BCUT2D eigenvalue weighted by Gasteiger charge is -2.36. The van der Waals surface area contributed by atoms with E-state index < -0.39 is 0 Å². The van der Waals surface area contributed by atoms with Crippen molar-refractivity contribution in [1.29, 1.82) is 0 Å². The Labute approximate surface area is 129 Å². The third kappa shape index (κ3) is 3.17. The molecular weight excluding hydrogens is 280 g/mol. The number of carbonyl (C=O) groups is 1. The van der Waals surface area contributed by atoms with Crippen LogP contribution in [0.5, 0.6) is 0 Å². The average Bonchev–Trinajstić information content (AvgIpc) is 2.94. The van der Waals surface area contributed by atoms with Gasteiger partial charge in [0.25, 0.3) is 0 Å². The first-order chi connectivity index (χ1) is 10.1. The highest BCUT2D eigenvalue weighted by molar-refractivity contribution is 7.10. The molecule has 1 amide bonds. The van der Waals surface area contributed by atoms with Crippen LogP contribution in [0.4, 0.5) is 0 Å². The molecule has 0 unspecified atom stereocenters. The fourth-order valence-corrected chi connectivity index (χ4v) is 3.76. The third-order valence-corrected chi connectivity index (χ3v) is 5.21. The Balaban J connectivity index is 1.66. The molecule has 1 aliphatic carbocycles. The van der Waals surface area contributed by atoms with Gasteiger partial charge in [-0.15, -0.1) is 11.3 Å². The van der Waals surface area contributed by atoms with Gasteiger partial charge >= 0.3 is 0 Å². The van der Waals surface area contributed by atoms with Gasteiger partial charge in [0, 0.05) is 22.3 Å². The second kappa shape index (κ2) is 5.62. The van der Waals surface area contributed by atoms with Gasteiger partial charge in [-0.25, -0.2) is 0 Å². The van der Waals surface area contributed by atoms with Gasteiger partial charge in [0.1, 0.15) is 0 Å². The van der Waals surface area contributed by atoms with Crippen molar-refractivity contribution in [3.8, 4) is 0 Å². The van der Waals surface area contributed by atoms with Crippen LogP contribution in [0.1, 0.15) is 39.7 Å². The molecule has 1 aliphatic rings. The molecule has 3 N–H and O–H groups in total. The zero-order valence-corrected chi connectivity index (χ0v) is 13.0. The Hall–Kier alpha value is -1.65. The number of nitrogens with two attached hydrogens (primary N) is 1. The van der Waals surface area contributed by atoms with Crippen LogP contribution in [0.3, 0.4) is 0 Å². The van der Waals surface area contributed by atoms with Crippen LogP contribution in [0, 0.1) is 0 Å². The molecule has 0 fully saturated rings. The Morgan fingerprint density at radius 1 is 1.38 bits per heavy atom. The highest BCUT2D eigenvalue weighted by Gasteiger charge is 2.29. The molecule has 0 radical (unpaired) electrons. The van der Waals surface area contributed by atoms with E-state index >= 15 is 0 Å². The lowest BCUT2D eigenvalue weighted by atomic mass is 9.79. The van der Waals surface area contributed by atoms with Gasteiger partial charge < -0.3 is 11.1 Å². The molecule has 2 aromatic rings. The fraction of sp³-hybridized carbons (Fsp3) is 0.353. The lowest BCUT2D eigenvalue weighted by molar-refractivity contribution is 0.100. The second-order valence-corrected chi connectivity index (χ2v) is 7.02. The zero-order chi connectivity index (χ0) is 14.9. The molecule has 0 aliphatic heterocycles. The summed E-state index contributed by atoms with van der Waals surface area (Å²) in [6, 6.07) is 10.6. The van der Waals surface area contributed by atoms with Crippen LogP contribution in [-0.4, -0.2) is 11.4 Å². The molecule has 1 heterocycles.